The van der Waals surface area contributed by atoms with Gasteiger partial charge >= 0.3 is 0 Å². The standard InChI is InChI=1S/C12H21N3O2S/c1-15-10(7-8-14-15)5-6-11(13)12-4-2-3-9-18(12,16)17/h7-8,11-12H,2-6,9,13H2,1H3. The Kier molecular flexibility index (Phi) is 4.07. The summed E-state index contributed by atoms with van der Waals surface area (Å²) < 4.78 is 25.7. The van der Waals surface area contributed by atoms with Crippen LogP contribution in [0.5, 0.6) is 0 Å². The van der Waals surface area contributed by atoms with Crippen LogP contribution in [-0.4, -0.2) is 35.2 Å². The minimum absolute atomic E-state index is 0.259. The smallest absolute Gasteiger partial charge is 0.154 e. The van der Waals surface area contributed by atoms with E-state index in [1.54, 1.807) is 6.20 Å². The van der Waals surface area contributed by atoms with E-state index < -0.39 is 9.84 Å². The van der Waals surface area contributed by atoms with E-state index in [1.807, 2.05) is 17.8 Å². The highest BCUT2D eigenvalue weighted by atomic mass is 32.2. The number of hydrogen-bond acceptors (Lipinski definition) is 4. The molecule has 0 aliphatic carbocycles. The molecule has 2 N–H and O–H groups in total. The lowest BCUT2D eigenvalue weighted by atomic mass is 10.0. The fraction of sp³-hybridized carbons (Fsp3) is 0.750. The summed E-state index contributed by atoms with van der Waals surface area (Å²) in [4.78, 5) is 0. The third kappa shape index (κ3) is 2.92. The summed E-state index contributed by atoms with van der Waals surface area (Å²) in [5.41, 5.74) is 7.18. The number of hydrogen-bond donors (Lipinski definition) is 1. The molecule has 1 saturated heterocycles. The molecule has 2 atom stereocenters. The molecule has 5 nitrogen and oxygen atoms in total. The molecule has 2 heterocycles. The first-order chi connectivity index (χ1) is 8.50. The molecule has 0 radical (unpaired) electrons. The molecule has 1 aliphatic heterocycles. The van der Waals surface area contributed by atoms with Crippen LogP contribution in [0.25, 0.3) is 0 Å². The van der Waals surface area contributed by atoms with Crippen molar-refractivity contribution in [2.45, 2.75) is 43.4 Å². The van der Waals surface area contributed by atoms with E-state index in [0.717, 1.165) is 31.4 Å². The number of aryl methyl sites for hydroxylation is 2. The van der Waals surface area contributed by atoms with E-state index in [0.29, 0.717) is 12.2 Å². The lowest BCUT2D eigenvalue weighted by molar-refractivity contribution is 0.477. The molecule has 1 aromatic rings. The van der Waals surface area contributed by atoms with E-state index in [9.17, 15) is 8.42 Å². The molecule has 0 aromatic carbocycles. The molecule has 1 aliphatic rings. The van der Waals surface area contributed by atoms with Gasteiger partial charge in [0.25, 0.3) is 0 Å². The Morgan fingerprint density at radius 2 is 2.33 bits per heavy atom. The molecule has 18 heavy (non-hydrogen) atoms. The maximum absolute atomic E-state index is 12.0. The van der Waals surface area contributed by atoms with Gasteiger partial charge in [0.2, 0.25) is 0 Å². The van der Waals surface area contributed by atoms with Crippen molar-refractivity contribution < 1.29 is 8.42 Å². The Balaban J connectivity index is 1.95. The summed E-state index contributed by atoms with van der Waals surface area (Å²) in [6.07, 6.45) is 5.71. The lowest BCUT2D eigenvalue weighted by Gasteiger charge is -2.27. The topological polar surface area (TPSA) is 78.0 Å². The van der Waals surface area contributed by atoms with Crippen molar-refractivity contribution in [2.75, 3.05) is 5.75 Å². The highest BCUT2D eigenvalue weighted by molar-refractivity contribution is 7.92. The number of aromatic nitrogens is 2. The molecule has 1 aromatic heterocycles. The van der Waals surface area contributed by atoms with Gasteiger partial charge in [-0.2, -0.15) is 5.10 Å². The van der Waals surface area contributed by atoms with E-state index >= 15 is 0 Å². The van der Waals surface area contributed by atoms with Crippen molar-refractivity contribution in [3.05, 3.63) is 18.0 Å². The molecule has 2 rings (SSSR count). The van der Waals surface area contributed by atoms with Crippen molar-refractivity contribution in [1.29, 1.82) is 0 Å². The average Bonchev–Trinajstić information content (AvgIpc) is 2.71. The molecule has 2 unspecified atom stereocenters. The van der Waals surface area contributed by atoms with Gasteiger partial charge in [-0.3, -0.25) is 4.68 Å². The number of nitrogens with zero attached hydrogens (tertiary/aromatic N) is 2. The maximum Gasteiger partial charge on any atom is 0.154 e. The third-order valence-electron chi connectivity index (χ3n) is 3.76. The monoisotopic (exact) mass is 271 g/mol. The molecular formula is C12H21N3O2S. The van der Waals surface area contributed by atoms with Crippen LogP contribution >= 0.6 is 0 Å². The van der Waals surface area contributed by atoms with Crippen molar-refractivity contribution >= 4 is 9.84 Å². The van der Waals surface area contributed by atoms with Crippen LogP contribution in [0.3, 0.4) is 0 Å². The van der Waals surface area contributed by atoms with E-state index in [2.05, 4.69) is 5.10 Å². The third-order valence-corrected chi connectivity index (χ3v) is 6.13. The van der Waals surface area contributed by atoms with Crippen LogP contribution in [0.4, 0.5) is 0 Å². The average molecular weight is 271 g/mol. The fourth-order valence-corrected chi connectivity index (χ4v) is 4.71. The SMILES string of the molecule is Cn1nccc1CCC(N)C1CCCCS1(=O)=O. The van der Waals surface area contributed by atoms with Gasteiger partial charge in [0.05, 0.1) is 11.0 Å². The van der Waals surface area contributed by atoms with Gasteiger partial charge in [0.1, 0.15) is 0 Å². The minimum atomic E-state index is -2.97. The van der Waals surface area contributed by atoms with Crippen LogP contribution in [0.2, 0.25) is 0 Å². The first-order valence-electron chi connectivity index (χ1n) is 6.45. The van der Waals surface area contributed by atoms with Crippen molar-refractivity contribution in [3.8, 4) is 0 Å². The largest absolute Gasteiger partial charge is 0.327 e. The predicted molar refractivity (Wildman–Crippen MR) is 70.9 cm³/mol. The zero-order chi connectivity index (χ0) is 13.2. The van der Waals surface area contributed by atoms with Gasteiger partial charge in [0, 0.05) is 25.0 Å². The van der Waals surface area contributed by atoms with Gasteiger partial charge in [-0.25, -0.2) is 8.42 Å². The highest BCUT2D eigenvalue weighted by Crippen LogP contribution is 2.23. The lowest BCUT2D eigenvalue weighted by Crippen LogP contribution is -2.43. The zero-order valence-electron chi connectivity index (χ0n) is 10.7. The zero-order valence-corrected chi connectivity index (χ0v) is 11.6. The van der Waals surface area contributed by atoms with Crippen LogP contribution in [0, 0.1) is 0 Å². The Hall–Kier alpha value is -0.880. The predicted octanol–water partition coefficient (Wildman–Crippen LogP) is 0.647. The van der Waals surface area contributed by atoms with Gasteiger partial charge in [0.15, 0.2) is 9.84 Å². The van der Waals surface area contributed by atoms with Crippen LogP contribution in [0.15, 0.2) is 12.3 Å². The molecule has 1 fully saturated rings. The molecule has 102 valence electrons. The van der Waals surface area contributed by atoms with E-state index in [4.69, 9.17) is 5.73 Å². The van der Waals surface area contributed by atoms with Crippen LogP contribution in [0.1, 0.15) is 31.4 Å². The first-order valence-corrected chi connectivity index (χ1v) is 8.16. The summed E-state index contributed by atoms with van der Waals surface area (Å²) >= 11 is 0. The van der Waals surface area contributed by atoms with Crippen molar-refractivity contribution in [1.82, 2.24) is 9.78 Å². The van der Waals surface area contributed by atoms with Gasteiger partial charge in [-0.05, 0) is 31.7 Å². The molecule has 0 saturated carbocycles. The number of sulfone groups is 1. The summed E-state index contributed by atoms with van der Waals surface area (Å²) in [7, 11) is -1.08. The Labute approximate surface area is 108 Å². The Morgan fingerprint density at radius 3 is 2.94 bits per heavy atom. The van der Waals surface area contributed by atoms with Crippen molar-refractivity contribution in [2.24, 2.45) is 12.8 Å². The summed E-state index contributed by atoms with van der Waals surface area (Å²) in [6, 6.07) is 1.69. The molecular weight excluding hydrogens is 250 g/mol. The summed E-state index contributed by atoms with van der Waals surface area (Å²) in [5, 5.41) is 3.75. The van der Waals surface area contributed by atoms with Gasteiger partial charge in [-0.1, -0.05) is 6.42 Å². The fourth-order valence-electron chi connectivity index (χ4n) is 2.61. The second-order valence-corrected chi connectivity index (χ2v) is 7.39. The van der Waals surface area contributed by atoms with Crippen molar-refractivity contribution in [3.63, 3.8) is 0 Å². The molecule has 0 bridgehead atoms. The quantitative estimate of drug-likeness (QED) is 0.872. The van der Waals surface area contributed by atoms with Crippen LogP contribution in [-0.2, 0) is 23.3 Å². The highest BCUT2D eigenvalue weighted by Gasteiger charge is 2.33. The van der Waals surface area contributed by atoms with Gasteiger partial charge < -0.3 is 5.73 Å². The number of rotatable bonds is 4. The van der Waals surface area contributed by atoms with Gasteiger partial charge in [-0.15, -0.1) is 0 Å². The molecule has 6 heteroatoms. The van der Waals surface area contributed by atoms with Crippen LogP contribution < -0.4 is 5.73 Å². The Morgan fingerprint density at radius 1 is 1.56 bits per heavy atom. The van der Waals surface area contributed by atoms with E-state index in [1.165, 1.54) is 0 Å². The second-order valence-electron chi connectivity index (χ2n) is 5.05. The maximum atomic E-state index is 12.0. The Bertz CT molecular complexity index is 495. The number of nitrogens with two attached hydrogens (primary N) is 1. The summed E-state index contributed by atoms with van der Waals surface area (Å²) in [6.45, 7) is 0. The second kappa shape index (κ2) is 5.40. The minimum Gasteiger partial charge on any atom is -0.327 e. The molecule has 0 amide bonds. The van der Waals surface area contributed by atoms with E-state index in [-0.39, 0.29) is 11.3 Å². The first kappa shape index (κ1) is 13.5. The normalized spacial score (nSPS) is 24.9. The molecule has 0 spiro atoms. The summed E-state index contributed by atoms with van der Waals surface area (Å²) in [5.74, 6) is 0.303.